The zero-order valence-corrected chi connectivity index (χ0v) is 14.4. The predicted molar refractivity (Wildman–Crippen MR) is 87.3 cm³/mol. The second-order valence-electron chi connectivity index (χ2n) is 6.11. The van der Waals surface area contributed by atoms with Gasteiger partial charge >= 0.3 is 12.1 Å². The molecule has 2 aromatic rings. The monoisotopic (exact) mass is 369 g/mol. The molecule has 1 aromatic carbocycles. The number of hydrogen-bond acceptors (Lipinski definition) is 3. The van der Waals surface area contributed by atoms with Gasteiger partial charge in [-0.1, -0.05) is 6.07 Å². The van der Waals surface area contributed by atoms with Crippen molar-refractivity contribution in [1.29, 1.82) is 0 Å². The fraction of sp³-hybridized carbons (Fsp3) is 0.353. The maximum absolute atomic E-state index is 12.4. The van der Waals surface area contributed by atoms with Gasteiger partial charge in [0, 0.05) is 5.69 Å². The fourth-order valence-electron chi connectivity index (χ4n) is 2.58. The number of nitrogens with one attached hydrogen (secondary N) is 1. The summed E-state index contributed by atoms with van der Waals surface area (Å²) in [5.41, 5.74) is 3.09. The van der Waals surface area contributed by atoms with E-state index in [0.29, 0.717) is 11.4 Å². The smallest absolute Gasteiger partial charge is 0.391 e. The number of carboxylic acid groups (broad SMARTS) is 1. The van der Waals surface area contributed by atoms with Crippen LogP contribution in [0.4, 0.5) is 13.2 Å². The number of carboxylic acids is 1. The molecule has 26 heavy (non-hydrogen) atoms. The number of amides is 1. The molecular weight excluding hydrogens is 351 g/mol. The number of aliphatic carboxylic acids is 1. The van der Waals surface area contributed by atoms with Gasteiger partial charge in [-0.05, 0) is 50.1 Å². The molecule has 1 heterocycles. The van der Waals surface area contributed by atoms with Crippen molar-refractivity contribution < 1.29 is 27.9 Å². The summed E-state index contributed by atoms with van der Waals surface area (Å²) in [5, 5.41) is 14.9. The molecule has 0 radical (unpaired) electrons. The summed E-state index contributed by atoms with van der Waals surface area (Å²) in [4.78, 5) is 23.1. The molecule has 1 amide bonds. The highest BCUT2D eigenvalue weighted by Gasteiger charge is 2.36. The van der Waals surface area contributed by atoms with Crippen molar-refractivity contribution in [2.75, 3.05) is 0 Å². The van der Waals surface area contributed by atoms with Crippen LogP contribution in [-0.2, 0) is 4.79 Å². The normalized spacial score (nSPS) is 12.7. The van der Waals surface area contributed by atoms with Crippen LogP contribution in [0.3, 0.4) is 0 Å². The van der Waals surface area contributed by atoms with Crippen LogP contribution in [-0.4, -0.2) is 39.0 Å². The first-order valence-electron chi connectivity index (χ1n) is 7.72. The summed E-state index contributed by atoms with van der Waals surface area (Å²) >= 11 is 0. The highest BCUT2D eigenvalue weighted by molar-refractivity contribution is 5.95. The van der Waals surface area contributed by atoms with E-state index in [0.717, 1.165) is 11.1 Å². The van der Waals surface area contributed by atoms with Crippen molar-refractivity contribution in [2.45, 2.75) is 39.4 Å². The fourth-order valence-corrected chi connectivity index (χ4v) is 2.58. The second-order valence-corrected chi connectivity index (χ2v) is 6.11. The van der Waals surface area contributed by atoms with Gasteiger partial charge < -0.3 is 10.4 Å². The number of carbonyl (C=O) groups excluding carboxylic acids is 1. The van der Waals surface area contributed by atoms with E-state index in [2.05, 4.69) is 5.10 Å². The van der Waals surface area contributed by atoms with E-state index in [1.54, 1.807) is 6.92 Å². The van der Waals surface area contributed by atoms with Crippen molar-refractivity contribution in [1.82, 2.24) is 15.1 Å². The lowest BCUT2D eigenvalue weighted by atomic mass is 10.1. The number of alkyl halides is 3. The quantitative estimate of drug-likeness (QED) is 0.849. The van der Waals surface area contributed by atoms with E-state index in [1.807, 2.05) is 37.4 Å². The van der Waals surface area contributed by atoms with Gasteiger partial charge in [0.05, 0.1) is 12.1 Å². The number of aromatic nitrogens is 2. The lowest BCUT2D eigenvalue weighted by Gasteiger charge is -2.15. The zero-order chi connectivity index (χ0) is 19.6. The third kappa shape index (κ3) is 4.84. The van der Waals surface area contributed by atoms with Crippen molar-refractivity contribution in [3.8, 4) is 5.69 Å². The molecule has 2 N–H and O–H groups in total. The van der Waals surface area contributed by atoms with Crippen molar-refractivity contribution >= 4 is 11.9 Å². The van der Waals surface area contributed by atoms with Crippen LogP contribution in [0.15, 0.2) is 24.3 Å². The maximum atomic E-state index is 12.4. The second kappa shape index (κ2) is 7.19. The van der Waals surface area contributed by atoms with Crippen LogP contribution >= 0.6 is 0 Å². The Bertz CT molecular complexity index is 823. The molecule has 0 aliphatic heterocycles. The Kier molecular flexibility index (Phi) is 5.38. The molecular formula is C17H18F3N3O3. The summed E-state index contributed by atoms with van der Waals surface area (Å²) in [6.45, 7) is 5.49. The standard InChI is InChI=1S/C17H18F3N3O3/c1-9-4-10(2)6-12(5-9)23-11(3)7-13(22-23)15(24)21-14(16(25)26)8-17(18,19)20/h4-7,14H,8H2,1-3H3,(H,21,24)(H,25,26). The highest BCUT2D eigenvalue weighted by atomic mass is 19.4. The third-order valence-electron chi connectivity index (χ3n) is 3.61. The van der Waals surface area contributed by atoms with Crippen molar-refractivity contribution in [3.05, 3.63) is 46.8 Å². The molecule has 1 atom stereocenters. The number of aryl methyl sites for hydroxylation is 3. The van der Waals surface area contributed by atoms with Gasteiger partial charge in [0.15, 0.2) is 5.69 Å². The molecule has 2 rings (SSSR count). The minimum atomic E-state index is -4.72. The molecule has 0 fully saturated rings. The van der Waals surface area contributed by atoms with Gasteiger partial charge in [0.1, 0.15) is 6.04 Å². The minimum absolute atomic E-state index is 0.157. The van der Waals surface area contributed by atoms with E-state index in [4.69, 9.17) is 5.11 Å². The number of benzene rings is 1. The number of hydrogen-bond donors (Lipinski definition) is 2. The number of carbonyl (C=O) groups is 2. The van der Waals surface area contributed by atoms with Crippen LogP contribution in [0.25, 0.3) is 5.69 Å². The van der Waals surface area contributed by atoms with E-state index < -0.39 is 30.5 Å². The molecule has 0 saturated carbocycles. The average Bonchev–Trinajstić information content (AvgIpc) is 2.86. The van der Waals surface area contributed by atoms with Gasteiger partial charge in [0.25, 0.3) is 5.91 Å². The average molecular weight is 369 g/mol. The first kappa shape index (κ1) is 19.5. The molecule has 0 spiro atoms. The molecule has 0 aliphatic carbocycles. The van der Waals surface area contributed by atoms with E-state index in [9.17, 15) is 22.8 Å². The van der Waals surface area contributed by atoms with E-state index >= 15 is 0 Å². The van der Waals surface area contributed by atoms with Crippen molar-refractivity contribution in [3.63, 3.8) is 0 Å². The summed E-state index contributed by atoms with van der Waals surface area (Å²) in [6.07, 6.45) is -6.38. The first-order valence-corrected chi connectivity index (χ1v) is 7.72. The zero-order valence-electron chi connectivity index (χ0n) is 14.4. The van der Waals surface area contributed by atoms with Gasteiger partial charge in [0.2, 0.25) is 0 Å². The molecule has 140 valence electrons. The van der Waals surface area contributed by atoms with Crippen LogP contribution in [0, 0.1) is 20.8 Å². The predicted octanol–water partition coefficient (Wildman–Crippen LogP) is 2.93. The SMILES string of the molecule is Cc1cc(C)cc(-n2nc(C(=O)NC(CC(F)(F)F)C(=O)O)cc2C)c1. The maximum Gasteiger partial charge on any atom is 0.391 e. The Balaban J connectivity index is 2.26. The van der Waals surface area contributed by atoms with Gasteiger partial charge in [-0.25, -0.2) is 9.48 Å². The van der Waals surface area contributed by atoms with Gasteiger partial charge in [-0.3, -0.25) is 4.79 Å². The topological polar surface area (TPSA) is 84.2 Å². The lowest BCUT2D eigenvalue weighted by molar-refractivity contribution is -0.157. The summed E-state index contributed by atoms with van der Waals surface area (Å²) in [5.74, 6) is -2.74. The summed E-state index contributed by atoms with van der Waals surface area (Å²) in [7, 11) is 0. The lowest BCUT2D eigenvalue weighted by Crippen LogP contribution is -2.43. The first-order chi connectivity index (χ1) is 12.0. The summed E-state index contributed by atoms with van der Waals surface area (Å²) < 4.78 is 38.8. The van der Waals surface area contributed by atoms with E-state index in [1.165, 1.54) is 10.7 Å². The van der Waals surface area contributed by atoms with Crippen LogP contribution < -0.4 is 5.32 Å². The number of halogens is 3. The van der Waals surface area contributed by atoms with Crippen LogP contribution in [0.1, 0.15) is 33.7 Å². The Hall–Kier alpha value is -2.84. The van der Waals surface area contributed by atoms with Gasteiger partial charge in [-0.2, -0.15) is 18.3 Å². The molecule has 0 saturated heterocycles. The van der Waals surface area contributed by atoms with Crippen LogP contribution in [0.2, 0.25) is 0 Å². The number of rotatable bonds is 5. The Morgan fingerprint density at radius 1 is 1.15 bits per heavy atom. The van der Waals surface area contributed by atoms with Crippen LogP contribution in [0.5, 0.6) is 0 Å². The molecule has 6 nitrogen and oxygen atoms in total. The van der Waals surface area contributed by atoms with Crippen molar-refractivity contribution in [2.24, 2.45) is 0 Å². The number of nitrogens with zero attached hydrogens (tertiary/aromatic N) is 2. The third-order valence-corrected chi connectivity index (χ3v) is 3.61. The Morgan fingerprint density at radius 2 is 1.73 bits per heavy atom. The molecule has 0 aliphatic rings. The highest BCUT2D eigenvalue weighted by Crippen LogP contribution is 2.22. The Labute approximate surface area is 147 Å². The molecule has 0 bridgehead atoms. The largest absolute Gasteiger partial charge is 0.480 e. The molecule has 1 unspecified atom stereocenters. The van der Waals surface area contributed by atoms with Gasteiger partial charge in [-0.15, -0.1) is 0 Å². The Morgan fingerprint density at radius 3 is 2.23 bits per heavy atom. The molecule has 9 heteroatoms. The minimum Gasteiger partial charge on any atom is -0.480 e. The molecule has 1 aromatic heterocycles. The van der Waals surface area contributed by atoms with E-state index in [-0.39, 0.29) is 5.69 Å². The summed E-state index contributed by atoms with van der Waals surface area (Å²) in [6, 6.07) is 4.97.